The maximum absolute atomic E-state index is 12.2. The molecule has 0 radical (unpaired) electrons. The van der Waals surface area contributed by atoms with Crippen LogP contribution in [-0.4, -0.2) is 26.5 Å². The van der Waals surface area contributed by atoms with E-state index in [1.807, 2.05) is 24.3 Å². The topological polar surface area (TPSA) is 84.2 Å². The number of imidazole rings is 1. The Morgan fingerprint density at radius 1 is 1.08 bits per heavy atom. The highest BCUT2D eigenvalue weighted by Crippen LogP contribution is 2.15. The molecule has 0 unspecified atom stereocenters. The summed E-state index contributed by atoms with van der Waals surface area (Å²) >= 11 is 3.34. The van der Waals surface area contributed by atoms with Crippen molar-refractivity contribution in [3.05, 3.63) is 82.3 Å². The number of aromatic carboxylic acids is 1. The van der Waals surface area contributed by atoms with Gasteiger partial charge in [-0.1, -0.05) is 28.1 Å². The monoisotopic (exact) mass is 399 g/mol. The number of carbonyl (C=O) groups is 2. The molecule has 1 aromatic heterocycles. The van der Waals surface area contributed by atoms with Gasteiger partial charge in [-0.3, -0.25) is 4.79 Å². The number of hydrogen-bond acceptors (Lipinski definition) is 3. The number of hydrogen-bond donors (Lipinski definition) is 2. The molecule has 0 aliphatic heterocycles. The molecule has 0 saturated carbocycles. The van der Waals surface area contributed by atoms with E-state index in [4.69, 9.17) is 5.11 Å². The normalized spacial score (nSPS) is 10.4. The molecule has 2 aromatic carbocycles. The number of anilines is 1. The van der Waals surface area contributed by atoms with Gasteiger partial charge in [0.2, 0.25) is 0 Å². The average Bonchev–Trinajstić information content (AvgIpc) is 3.06. The number of carbonyl (C=O) groups excluding carboxylic acids is 1. The molecule has 25 heavy (non-hydrogen) atoms. The van der Waals surface area contributed by atoms with Gasteiger partial charge in [-0.05, 0) is 42.0 Å². The fourth-order valence-electron chi connectivity index (χ4n) is 2.27. The third-order valence-corrected chi connectivity index (χ3v) is 4.06. The zero-order valence-corrected chi connectivity index (χ0v) is 14.6. The first-order valence-corrected chi connectivity index (χ1v) is 8.21. The van der Waals surface area contributed by atoms with E-state index in [9.17, 15) is 9.59 Å². The van der Waals surface area contributed by atoms with Crippen LogP contribution in [0.15, 0.2) is 65.5 Å². The highest BCUT2D eigenvalue weighted by atomic mass is 79.9. The Bertz CT molecular complexity index is 902. The minimum absolute atomic E-state index is 0.0124. The van der Waals surface area contributed by atoms with Gasteiger partial charge in [-0.15, -0.1) is 0 Å². The van der Waals surface area contributed by atoms with Gasteiger partial charge in [0.25, 0.3) is 5.91 Å². The van der Waals surface area contributed by atoms with Crippen molar-refractivity contribution in [3.63, 3.8) is 0 Å². The summed E-state index contributed by atoms with van der Waals surface area (Å²) in [5, 5.41) is 11.7. The minimum Gasteiger partial charge on any atom is -0.476 e. The minimum atomic E-state index is -1.05. The highest BCUT2D eigenvalue weighted by Gasteiger charge is 2.08. The van der Waals surface area contributed by atoms with Crippen LogP contribution in [0.25, 0.3) is 0 Å². The molecule has 1 heterocycles. The van der Waals surface area contributed by atoms with Gasteiger partial charge in [0.1, 0.15) is 0 Å². The number of nitrogens with zero attached hydrogens (tertiary/aromatic N) is 2. The van der Waals surface area contributed by atoms with E-state index in [0.717, 1.165) is 10.0 Å². The lowest BCUT2D eigenvalue weighted by atomic mass is 10.2. The number of nitrogens with one attached hydrogen (secondary N) is 1. The number of carboxylic acids is 1. The van der Waals surface area contributed by atoms with Crippen molar-refractivity contribution in [1.29, 1.82) is 0 Å². The molecule has 3 rings (SSSR count). The predicted octanol–water partition coefficient (Wildman–Crippen LogP) is 3.64. The number of aromatic nitrogens is 2. The lowest BCUT2D eigenvalue weighted by molar-refractivity contribution is 0.0690. The van der Waals surface area contributed by atoms with Crippen molar-refractivity contribution in [3.8, 4) is 0 Å². The van der Waals surface area contributed by atoms with Crippen molar-refractivity contribution >= 4 is 33.5 Å². The Labute approximate surface area is 152 Å². The van der Waals surface area contributed by atoms with Crippen LogP contribution in [0.3, 0.4) is 0 Å². The van der Waals surface area contributed by atoms with E-state index in [0.29, 0.717) is 17.8 Å². The summed E-state index contributed by atoms with van der Waals surface area (Å²) in [4.78, 5) is 26.8. The van der Waals surface area contributed by atoms with Gasteiger partial charge in [0.05, 0.1) is 6.33 Å². The number of halogens is 1. The molecule has 3 aromatic rings. The molecule has 2 N–H and O–H groups in total. The first-order valence-electron chi connectivity index (χ1n) is 7.42. The van der Waals surface area contributed by atoms with Crippen LogP contribution in [0.2, 0.25) is 0 Å². The summed E-state index contributed by atoms with van der Waals surface area (Å²) in [6, 6.07) is 14.5. The summed E-state index contributed by atoms with van der Waals surface area (Å²) in [5.74, 6) is -1.23. The fraction of sp³-hybridized carbons (Fsp3) is 0.0556. The van der Waals surface area contributed by atoms with Crippen LogP contribution in [0.4, 0.5) is 5.69 Å². The van der Waals surface area contributed by atoms with Gasteiger partial charge in [-0.2, -0.15) is 0 Å². The molecule has 7 heteroatoms. The quantitative estimate of drug-likeness (QED) is 0.685. The van der Waals surface area contributed by atoms with Crippen LogP contribution in [0, 0.1) is 0 Å². The van der Waals surface area contributed by atoms with E-state index in [1.54, 1.807) is 28.8 Å². The second kappa shape index (κ2) is 7.31. The zero-order chi connectivity index (χ0) is 17.8. The third kappa shape index (κ3) is 4.33. The standard InChI is InChI=1S/C18H14BrN3O3/c19-14-5-3-13(4-6-14)17(23)21-15-7-1-12(2-8-15)9-22-10-16(18(24)25)20-11-22/h1-8,10-11H,9H2,(H,21,23)(H,24,25). The summed E-state index contributed by atoms with van der Waals surface area (Å²) in [5.41, 5.74) is 2.25. The Morgan fingerprint density at radius 2 is 1.76 bits per heavy atom. The molecule has 0 saturated heterocycles. The molecule has 0 aliphatic rings. The van der Waals surface area contributed by atoms with Crippen molar-refractivity contribution in [2.24, 2.45) is 0 Å². The predicted molar refractivity (Wildman–Crippen MR) is 96.8 cm³/mol. The first kappa shape index (κ1) is 16.9. The van der Waals surface area contributed by atoms with E-state index in [1.165, 1.54) is 12.5 Å². The number of rotatable bonds is 5. The maximum atomic E-state index is 12.2. The zero-order valence-electron chi connectivity index (χ0n) is 13.0. The Kier molecular flexibility index (Phi) is 4.95. The largest absolute Gasteiger partial charge is 0.476 e. The average molecular weight is 400 g/mol. The van der Waals surface area contributed by atoms with Crippen LogP contribution < -0.4 is 5.32 Å². The molecule has 6 nitrogen and oxygen atoms in total. The summed E-state index contributed by atoms with van der Waals surface area (Å²) in [6.45, 7) is 0.501. The maximum Gasteiger partial charge on any atom is 0.356 e. The Balaban J connectivity index is 1.64. The first-order chi connectivity index (χ1) is 12.0. The fourth-order valence-corrected chi connectivity index (χ4v) is 2.53. The SMILES string of the molecule is O=C(Nc1ccc(Cn2cnc(C(=O)O)c2)cc1)c1ccc(Br)cc1. The van der Waals surface area contributed by atoms with Crippen molar-refractivity contribution < 1.29 is 14.7 Å². The molecule has 0 spiro atoms. The van der Waals surface area contributed by atoms with Crippen molar-refractivity contribution in [1.82, 2.24) is 9.55 Å². The van der Waals surface area contributed by atoms with Gasteiger partial charge < -0.3 is 15.0 Å². The van der Waals surface area contributed by atoms with E-state index in [2.05, 4.69) is 26.2 Å². The number of amides is 1. The van der Waals surface area contributed by atoms with Crippen molar-refractivity contribution in [2.75, 3.05) is 5.32 Å². The van der Waals surface area contributed by atoms with Gasteiger partial charge >= 0.3 is 5.97 Å². The van der Waals surface area contributed by atoms with Gasteiger partial charge in [-0.25, -0.2) is 9.78 Å². The van der Waals surface area contributed by atoms with Crippen LogP contribution in [-0.2, 0) is 6.54 Å². The van der Waals surface area contributed by atoms with Crippen LogP contribution in [0.5, 0.6) is 0 Å². The third-order valence-electron chi connectivity index (χ3n) is 3.54. The molecule has 126 valence electrons. The second-order valence-corrected chi connectivity index (χ2v) is 6.31. The van der Waals surface area contributed by atoms with E-state index >= 15 is 0 Å². The Morgan fingerprint density at radius 3 is 2.36 bits per heavy atom. The summed E-state index contributed by atoms with van der Waals surface area (Å²) in [6.07, 6.45) is 2.96. The highest BCUT2D eigenvalue weighted by molar-refractivity contribution is 9.10. The lowest BCUT2D eigenvalue weighted by Gasteiger charge is -2.07. The number of benzene rings is 2. The lowest BCUT2D eigenvalue weighted by Crippen LogP contribution is -2.11. The van der Waals surface area contributed by atoms with Crippen LogP contribution in [0.1, 0.15) is 26.4 Å². The molecular formula is C18H14BrN3O3. The molecular weight excluding hydrogens is 386 g/mol. The Hall–Kier alpha value is -2.93. The molecule has 1 amide bonds. The molecule has 0 aliphatic carbocycles. The summed E-state index contributed by atoms with van der Waals surface area (Å²) < 4.78 is 2.61. The molecule has 0 bridgehead atoms. The van der Waals surface area contributed by atoms with Crippen LogP contribution >= 0.6 is 15.9 Å². The number of carboxylic acid groups (broad SMARTS) is 1. The van der Waals surface area contributed by atoms with Gasteiger partial charge in [0, 0.05) is 28.5 Å². The summed E-state index contributed by atoms with van der Waals surface area (Å²) in [7, 11) is 0. The van der Waals surface area contributed by atoms with Gasteiger partial charge in [0.15, 0.2) is 5.69 Å². The smallest absolute Gasteiger partial charge is 0.356 e. The van der Waals surface area contributed by atoms with E-state index < -0.39 is 5.97 Å². The second-order valence-electron chi connectivity index (χ2n) is 5.39. The molecule has 0 fully saturated rings. The van der Waals surface area contributed by atoms with Crippen molar-refractivity contribution in [2.45, 2.75) is 6.54 Å². The molecule has 0 atom stereocenters. The van der Waals surface area contributed by atoms with E-state index in [-0.39, 0.29) is 11.6 Å².